The lowest BCUT2D eigenvalue weighted by Crippen LogP contribution is -2.25. The first-order valence-electron chi connectivity index (χ1n) is 6.72. The van der Waals surface area contributed by atoms with Crippen LogP contribution in [0.5, 0.6) is 0 Å². The van der Waals surface area contributed by atoms with Crippen LogP contribution in [-0.2, 0) is 5.41 Å². The van der Waals surface area contributed by atoms with Gasteiger partial charge in [-0.1, -0.05) is 44.2 Å². The predicted molar refractivity (Wildman–Crippen MR) is 74.1 cm³/mol. The third-order valence-electron chi connectivity index (χ3n) is 3.45. The van der Waals surface area contributed by atoms with Crippen molar-refractivity contribution in [2.24, 2.45) is 5.92 Å². The average Bonchev–Trinajstić information content (AvgIpc) is 2.40. The van der Waals surface area contributed by atoms with Gasteiger partial charge in [-0.3, -0.25) is 0 Å². The first-order chi connectivity index (χ1) is 8.64. The minimum Gasteiger partial charge on any atom is -0.396 e. The predicted octanol–water partition coefficient (Wildman–Crippen LogP) is 3.66. The van der Waals surface area contributed by atoms with Crippen LogP contribution in [-0.4, -0.2) is 11.7 Å². The number of aliphatic hydroxyl groups is 1. The van der Waals surface area contributed by atoms with Crippen LogP contribution >= 0.6 is 0 Å². The van der Waals surface area contributed by atoms with Gasteiger partial charge in [0.05, 0.1) is 11.5 Å². The van der Waals surface area contributed by atoms with Crippen molar-refractivity contribution in [2.75, 3.05) is 6.61 Å². The lowest BCUT2D eigenvalue weighted by Gasteiger charge is -2.28. The first-order valence-corrected chi connectivity index (χ1v) is 6.72. The second-order valence-corrected chi connectivity index (χ2v) is 5.32. The van der Waals surface area contributed by atoms with E-state index in [9.17, 15) is 5.26 Å². The summed E-state index contributed by atoms with van der Waals surface area (Å²) in [5, 5.41) is 18.7. The molecule has 98 valence electrons. The van der Waals surface area contributed by atoms with Gasteiger partial charge in [0.15, 0.2) is 0 Å². The molecule has 0 saturated carbocycles. The molecule has 2 nitrogen and oxygen atoms in total. The van der Waals surface area contributed by atoms with Crippen molar-refractivity contribution in [1.29, 1.82) is 5.26 Å². The Morgan fingerprint density at radius 1 is 1.22 bits per heavy atom. The molecule has 0 radical (unpaired) electrons. The molecular weight excluding hydrogens is 222 g/mol. The summed E-state index contributed by atoms with van der Waals surface area (Å²) in [5.41, 5.74) is 0.649. The maximum atomic E-state index is 9.64. The van der Waals surface area contributed by atoms with Crippen molar-refractivity contribution < 1.29 is 5.11 Å². The van der Waals surface area contributed by atoms with Crippen LogP contribution in [0.2, 0.25) is 0 Å². The monoisotopic (exact) mass is 245 g/mol. The lowest BCUT2D eigenvalue weighted by atomic mass is 9.73. The van der Waals surface area contributed by atoms with Crippen molar-refractivity contribution in [3.05, 3.63) is 35.9 Å². The standard InChI is InChI=1S/C16H23NO/c1-14(2)9-11-16(13-17,10-6-12-18)15-7-4-3-5-8-15/h3-5,7-8,14,18H,6,9-12H2,1-2H3. The summed E-state index contributed by atoms with van der Waals surface area (Å²) in [5.74, 6) is 0.593. The highest BCUT2D eigenvalue weighted by atomic mass is 16.2. The number of nitriles is 1. The molecule has 1 unspecified atom stereocenters. The minimum atomic E-state index is -0.436. The van der Waals surface area contributed by atoms with Gasteiger partial charge in [0.1, 0.15) is 0 Å². The van der Waals surface area contributed by atoms with Crippen LogP contribution in [0, 0.1) is 17.2 Å². The highest BCUT2D eigenvalue weighted by Crippen LogP contribution is 2.34. The second kappa shape index (κ2) is 7.18. The largest absolute Gasteiger partial charge is 0.396 e. The molecule has 1 atom stereocenters. The molecule has 0 amide bonds. The fraction of sp³-hybridized carbons (Fsp3) is 0.562. The van der Waals surface area contributed by atoms with Crippen molar-refractivity contribution in [2.45, 2.75) is 44.9 Å². The fourth-order valence-corrected chi connectivity index (χ4v) is 2.26. The Morgan fingerprint density at radius 3 is 2.39 bits per heavy atom. The molecule has 1 rings (SSSR count). The van der Waals surface area contributed by atoms with Gasteiger partial charge >= 0.3 is 0 Å². The quantitative estimate of drug-likeness (QED) is 0.796. The van der Waals surface area contributed by atoms with Gasteiger partial charge in [0, 0.05) is 6.61 Å². The van der Waals surface area contributed by atoms with E-state index in [0.29, 0.717) is 12.3 Å². The summed E-state index contributed by atoms with van der Waals surface area (Å²) < 4.78 is 0. The van der Waals surface area contributed by atoms with Gasteiger partial charge in [-0.15, -0.1) is 0 Å². The Balaban J connectivity index is 2.95. The molecule has 1 aromatic carbocycles. The molecular formula is C16H23NO. The molecule has 0 aliphatic heterocycles. The molecule has 2 heteroatoms. The molecule has 0 spiro atoms. The van der Waals surface area contributed by atoms with E-state index in [1.54, 1.807) is 0 Å². The van der Waals surface area contributed by atoms with Gasteiger partial charge in [-0.2, -0.15) is 5.26 Å². The minimum absolute atomic E-state index is 0.151. The number of nitrogens with zero attached hydrogens (tertiary/aromatic N) is 1. The van der Waals surface area contributed by atoms with Crippen LogP contribution in [0.25, 0.3) is 0 Å². The SMILES string of the molecule is CC(C)CCC(C#N)(CCCO)c1ccccc1. The molecule has 0 aliphatic carbocycles. The van der Waals surface area contributed by atoms with E-state index in [1.165, 1.54) is 0 Å². The number of benzene rings is 1. The highest BCUT2D eigenvalue weighted by molar-refractivity contribution is 5.32. The maximum Gasteiger partial charge on any atom is 0.0823 e. The smallest absolute Gasteiger partial charge is 0.0823 e. The Kier molecular flexibility index (Phi) is 5.88. The third kappa shape index (κ3) is 3.85. The Bertz CT molecular complexity index is 380. The Morgan fingerprint density at radius 2 is 1.89 bits per heavy atom. The van der Waals surface area contributed by atoms with Crippen LogP contribution in [0.1, 0.15) is 45.1 Å². The molecule has 1 N–H and O–H groups in total. The van der Waals surface area contributed by atoms with Crippen molar-refractivity contribution in [3.63, 3.8) is 0 Å². The molecule has 0 bridgehead atoms. The zero-order chi connectivity index (χ0) is 13.4. The second-order valence-electron chi connectivity index (χ2n) is 5.32. The van der Waals surface area contributed by atoms with E-state index >= 15 is 0 Å². The molecule has 0 aliphatic rings. The van der Waals surface area contributed by atoms with E-state index in [-0.39, 0.29) is 6.61 Å². The van der Waals surface area contributed by atoms with Gasteiger partial charge in [0.25, 0.3) is 0 Å². The van der Waals surface area contributed by atoms with Crippen LogP contribution < -0.4 is 0 Å². The summed E-state index contributed by atoms with van der Waals surface area (Å²) in [4.78, 5) is 0. The van der Waals surface area contributed by atoms with Crippen LogP contribution in [0.15, 0.2) is 30.3 Å². The lowest BCUT2D eigenvalue weighted by molar-refractivity contribution is 0.266. The summed E-state index contributed by atoms with van der Waals surface area (Å²) in [6.45, 7) is 4.51. The molecule has 0 fully saturated rings. The van der Waals surface area contributed by atoms with E-state index in [2.05, 4.69) is 19.9 Å². The summed E-state index contributed by atoms with van der Waals surface area (Å²) in [6.07, 6.45) is 3.32. The van der Waals surface area contributed by atoms with Gasteiger partial charge in [-0.05, 0) is 37.2 Å². The first kappa shape index (κ1) is 14.7. The molecule has 0 aromatic heterocycles. The van der Waals surface area contributed by atoms with E-state index in [0.717, 1.165) is 24.8 Å². The van der Waals surface area contributed by atoms with Crippen molar-refractivity contribution in [3.8, 4) is 6.07 Å². The van der Waals surface area contributed by atoms with Crippen molar-refractivity contribution >= 4 is 0 Å². The van der Waals surface area contributed by atoms with E-state index in [1.807, 2.05) is 30.3 Å². The summed E-state index contributed by atoms with van der Waals surface area (Å²) in [7, 11) is 0. The number of hydrogen-bond acceptors (Lipinski definition) is 2. The van der Waals surface area contributed by atoms with Crippen molar-refractivity contribution in [1.82, 2.24) is 0 Å². The number of hydrogen-bond donors (Lipinski definition) is 1. The topological polar surface area (TPSA) is 44.0 Å². The van der Waals surface area contributed by atoms with Gasteiger partial charge < -0.3 is 5.11 Å². The van der Waals surface area contributed by atoms with E-state index in [4.69, 9.17) is 5.11 Å². The maximum absolute atomic E-state index is 9.64. The zero-order valence-electron chi connectivity index (χ0n) is 11.4. The van der Waals surface area contributed by atoms with Crippen LogP contribution in [0.4, 0.5) is 0 Å². The molecule has 18 heavy (non-hydrogen) atoms. The summed E-state index contributed by atoms with van der Waals surface area (Å²) in [6, 6.07) is 12.5. The number of aliphatic hydroxyl groups excluding tert-OH is 1. The molecule has 1 aromatic rings. The van der Waals surface area contributed by atoms with Gasteiger partial charge in [-0.25, -0.2) is 0 Å². The number of rotatable bonds is 7. The van der Waals surface area contributed by atoms with Crippen LogP contribution in [0.3, 0.4) is 0 Å². The van der Waals surface area contributed by atoms with E-state index < -0.39 is 5.41 Å². The average molecular weight is 245 g/mol. The Hall–Kier alpha value is -1.33. The highest BCUT2D eigenvalue weighted by Gasteiger charge is 2.31. The molecule has 0 heterocycles. The fourth-order valence-electron chi connectivity index (χ4n) is 2.26. The Labute approximate surface area is 110 Å². The normalized spacial score (nSPS) is 14.2. The third-order valence-corrected chi connectivity index (χ3v) is 3.45. The molecule has 0 saturated heterocycles. The van der Waals surface area contributed by atoms with Gasteiger partial charge in [0.2, 0.25) is 0 Å². The zero-order valence-corrected chi connectivity index (χ0v) is 11.4. The summed E-state index contributed by atoms with van der Waals surface area (Å²) >= 11 is 0.